The molecule has 1 saturated heterocycles. The molecule has 3 aromatic rings. The second-order valence-electron chi connectivity index (χ2n) is 9.22. The van der Waals surface area contributed by atoms with Gasteiger partial charge in [0.15, 0.2) is 5.65 Å². The first-order valence-corrected chi connectivity index (χ1v) is 13.0. The zero-order chi connectivity index (χ0) is 24.1. The highest BCUT2D eigenvalue weighted by Gasteiger charge is 2.39. The minimum absolute atomic E-state index is 0.0945. The number of sulfonamides is 1. The van der Waals surface area contributed by atoms with Crippen molar-refractivity contribution in [1.82, 2.24) is 24.2 Å². The van der Waals surface area contributed by atoms with Crippen LogP contribution in [-0.2, 0) is 21.4 Å². The number of aliphatic hydroxyl groups is 1. The van der Waals surface area contributed by atoms with Crippen molar-refractivity contribution < 1.29 is 18.3 Å². The van der Waals surface area contributed by atoms with Crippen molar-refractivity contribution in [3.63, 3.8) is 0 Å². The molecule has 1 amide bonds. The Morgan fingerprint density at radius 2 is 1.88 bits per heavy atom. The summed E-state index contributed by atoms with van der Waals surface area (Å²) in [6.45, 7) is 1.06. The summed E-state index contributed by atoms with van der Waals surface area (Å²) in [5.74, 6) is 0.332. The van der Waals surface area contributed by atoms with E-state index < -0.39 is 15.6 Å². The third kappa shape index (κ3) is 4.55. The van der Waals surface area contributed by atoms with Crippen molar-refractivity contribution in [2.45, 2.75) is 37.8 Å². The van der Waals surface area contributed by atoms with Gasteiger partial charge in [-0.25, -0.2) is 18.1 Å². The van der Waals surface area contributed by atoms with Gasteiger partial charge in [-0.3, -0.25) is 18.9 Å². The molecule has 34 heavy (non-hydrogen) atoms. The Hall–Kier alpha value is -3.25. The van der Waals surface area contributed by atoms with Crippen molar-refractivity contribution in [1.29, 1.82) is 0 Å². The van der Waals surface area contributed by atoms with Crippen LogP contribution in [0.4, 0.5) is 5.69 Å². The maximum absolute atomic E-state index is 13.1. The Morgan fingerprint density at radius 1 is 1.21 bits per heavy atom. The van der Waals surface area contributed by atoms with Crippen LogP contribution in [0.15, 0.2) is 41.6 Å². The maximum Gasteiger partial charge on any atom is 0.264 e. The van der Waals surface area contributed by atoms with E-state index in [0.717, 1.165) is 19.1 Å². The molecule has 3 heterocycles. The van der Waals surface area contributed by atoms with Crippen molar-refractivity contribution in [3.05, 3.63) is 47.1 Å². The topological polar surface area (TPSA) is 139 Å². The lowest BCUT2D eigenvalue weighted by molar-refractivity contribution is -0.137. The van der Waals surface area contributed by atoms with Gasteiger partial charge in [-0.15, -0.1) is 0 Å². The zero-order valence-electron chi connectivity index (χ0n) is 18.7. The molecule has 2 aliphatic rings. The van der Waals surface area contributed by atoms with E-state index in [1.807, 2.05) is 4.90 Å². The number of hydrogen-bond acceptors (Lipinski definition) is 7. The van der Waals surface area contributed by atoms with Crippen LogP contribution in [0.2, 0.25) is 0 Å². The van der Waals surface area contributed by atoms with E-state index in [9.17, 15) is 23.1 Å². The van der Waals surface area contributed by atoms with E-state index in [-0.39, 0.29) is 23.9 Å². The number of amides is 1. The number of rotatable bonds is 6. The number of anilines is 1. The molecule has 1 aromatic carbocycles. The summed E-state index contributed by atoms with van der Waals surface area (Å²) in [5, 5.41) is 15.7. The quantitative estimate of drug-likeness (QED) is 0.523. The summed E-state index contributed by atoms with van der Waals surface area (Å²) in [6, 6.07) is 6.54. The number of nitrogens with zero attached hydrogens (tertiary/aromatic N) is 5. The molecule has 12 heteroatoms. The molecule has 11 nitrogen and oxygen atoms in total. The lowest BCUT2D eigenvalue weighted by atomic mass is 9.91. The van der Waals surface area contributed by atoms with Gasteiger partial charge in [0.25, 0.3) is 5.56 Å². The molecule has 0 spiro atoms. The first-order chi connectivity index (χ1) is 16.1. The van der Waals surface area contributed by atoms with E-state index in [4.69, 9.17) is 0 Å². The minimum Gasteiger partial charge on any atom is -0.388 e. The lowest BCUT2D eigenvalue weighted by Gasteiger charge is -2.38. The van der Waals surface area contributed by atoms with E-state index in [2.05, 4.69) is 14.8 Å². The number of carbonyl (C=O) groups excluding carboxylic acids is 1. The van der Waals surface area contributed by atoms with Crippen LogP contribution < -0.4 is 10.3 Å². The van der Waals surface area contributed by atoms with Crippen LogP contribution in [0.3, 0.4) is 0 Å². The molecule has 0 atom stereocenters. The number of hydrogen-bond donors (Lipinski definition) is 2. The molecule has 2 N–H and O–H groups in total. The first kappa shape index (κ1) is 22.5. The normalized spacial score (nSPS) is 18.2. The van der Waals surface area contributed by atoms with Crippen LogP contribution in [-0.4, -0.2) is 68.6 Å². The maximum atomic E-state index is 13.1. The molecular weight excluding hydrogens is 460 g/mol. The standard InChI is InChI=1S/C22H26N6O5S/c1-34(32,33)25-16-4-6-17(7-5-16)28-19-18(12-24-28)21(30)27(14-23-19)13-22(31)8-10-26(11-9-22)20(29)15-2-3-15/h4-7,12,14-15,25,31H,2-3,8-11,13H2,1H3. The number of benzene rings is 1. The fourth-order valence-corrected chi connectivity index (χ4v) is 4.91. The molecule has 2 fully saturated rings. The fourth-order valence-electron chi connectivity index (χ4n) is 4.34. The Balaban J connectivity index is 1.34. The molecular formula is C22H26N6O5S. The summed E-state index contributed by atoms with van der Waals surface area (Å²) in [6.07, 6.45) is 6.63. The summed E-state index contributed by atoms with van der Waals surface area (Å²) in [4.78, 5) is 31.6. The number of nitrogens with one attached hydrogen (secondary N) is 1. The van der Waals surface area contributed by atoms with Gasteiger partial charge < -0.3 is 10.0 Å². The Morgan fingerprint density at radius 3 is 2.50 bits per heavy atom. The van der Waals surface area contributed by atoms with Gasteiger partial charge in [0.1, 0.15) is 11.7 Å². The number of aromatic nitrogens is 4. The summed E-state index contributed by atoms with van der Waals surface area (Å²) < 4.78 is 28.1. The smallest absolute Gasteiger partial charge is 0.264 e. The predicted molar refractivity (Wildman–Crippen MR) is 125 cm³/mol. The highest BCUT2D eigenvalue weighted by atomic mass is 32.2. The average molecular weight is 487 g/mol. The number of fused-ring (bicyclic) bond motifs is 1. The second-order valence-corrected chi connectivity index (χ2v) is 11.0. The van der Waals surface area contributed by atoms with Crippen molar-refractivity contribution in [2.75, 3.05) is 24.1 Å². The molecule has 0 bridgehead atoms. The summed E-state index contributed by atoms with van der Waals surface area (Å²) in [5.41, 5.74) is -0.00239. The molecule has 2 aromatic heterocycles. The zero-order valence-corrected chi connectivity index (χ0v) is 19.5. The molecule has 180 valence electrons. The van der Waals surface area contributed by atoms with Crippen LogP contribution in [0.5, 0.6) is 0 Å². The van der Waals surface area contributed by atoms with Gasteiger partial charge in [-0.05, 0) is 49.9 Å². The summed E-state index contributed by atoms with van der Waals surface area (Å²) in [7, 11) is -3.38. The van der Waals surface area contributed by atoms with Gasteiger partial charge in [-0.2, -0.15) is 5.10 Å². The van der Waals surface area contributed by atoms with Crippen LogP contribution in [0, 0.1) is 5.92 Å². The summed E-state index contributed by atoms with van der Waals surface area (Å²) >= 11 is 0. The lowest BCUT2D eigenvalue weighted by Crippen LogP contribution is -2.50. The molecule has 1 aliphatic carbocycles. The third-order valence-corrected chi connectivity index (χ3v) is 6.97. The minimum atomic E-state index is -3.38. The van der Waals surface area contributed by atoms with Crippen molar-refractivity contribution in [2.24, 2.45) is 5.92 Å². The molecule has 0 unspecified atom stereocenters. The SMILES string of the molecule is CS(=O)(=O)Nc1ccc(-n2ncc3c(=O)n(CC4(O)CCN(C(=O)C5CC5)CC4)cnc32)cc1. The van der Waals surface area contributed by atoms with Gasteiger partial charge in [0, 0.05) is 24.7 Å². The van der Waals surface area contributed by atoms with Gasteiger partial charge >= 0.3 is 0 Å². The van der Waals surface area contributed by atoms with E-state index >= 15 is 0 Å². The molecule has 0 radical (unpaired) electrons. The molecule has 1 saturated carbocycles. The van der Waals surface area contributed by atoms with Crippen molar-refractivity contribution in [3.8, 4) is 5.69 Å². The number of carbonyl (C=O) groups is 1. The van der Waals surface area contributed by atoms with Crippen LogP contribution in [0.25, 0.3) is 16.7 Å². The van der Waals surface area contributed by atoms with E-state index in [1.165, 1.54) is 21.8 Å². The second kappa shape index (κ2) is 8.20. The fraction of sp³-hybridized carbons (Fsp3) is 0.455. The molecule has 5 rings (SSSR count). The van der Waals surface area contributed by atoms with Crippen LogP contribution >= 0.6 is 0 Å². The largest absolute Gasteiger partial charge is 0.388 e. The van der Waals surface area contributed by atoms with E-state index in [0.29, 0.717) is 48.3 Å². The molecule has 1 aliphatic heterocycles. The Bertz CT molecular complexity index is 1400. The van der Waals surface area contributed by atoms with Gasteiger partial charge in [0.2, 0.25) is 15.9 Å². The van der Waals surface area contributed by atoms with Gasteiger partial charge in [-0.1, -0.05) is 0 Å². The van der Waals surface area contributed by atoms with Crippen LogP contribution in [0.1, 0.15) is 25.7 Å². The van der Waals surface area contributed by atoms with Gasteiger partial charge in [0.05, 0.1) is 30.3 Å². The van der Waals surface area contributed by atoms with Crippen molar-refractivity contribution >= 4 is 32.7 Å². The van der Waals surface area contributed by atoms with E-state index in [1.54, 1.807) is 24.3 Å². The Kier molecular flexibility index (Phi) is 5.44. The highest BCUT2D eigenvalue weighted by molar-refractivity contribution is 7.92. The third-order valence-electron chi connectivity index (χ3n) is 6.37. The Labute approximate surface area is 196 Å². The average Bonchev–Trinajstić information content (AvgIpc) is 3.54. The highest BCUT2D eigenvalue weighted by Crippen LogP contribution is 2.33. The number of piperidine rings is 1. The first-order valence-electron chi connectivity index (χ1n) is 11.1. The monoisotopic (exact) mass is 486 g/mol. The number of likely N-dealkylation sites (tertiary alicyclic amines) is 1. The predicted octanol–water partition coefficient (Wildman–Crippen LogP) is 0.717.